The second kappa shape index (κ2) is 22.0. The summed E-state index contributed by atoms with van der Waals surface area (Å²) in [6, 6.07) is 126. The molecule has 81 heavy (non-hydrogen) atoms. The fourth-order valence-corrected chi connectivity index (χ4v) is 13.1. The highest BCUT2D eigenvalue weighted by Gasteiger charge is 2.56. The summed E-state index contributed by atoms with van der Waals surface area (Å²) in [6.45, 7) is 0. The molecule has 0 N–H and O–H groups in total. The van der Waals surface area contributed by atoms with Crippen molar-refractivity contribution in [3.8, 4) is 0 Å². The van der Waals surface area contributed by atoms with E-state index in [1.807, 2.05) is 0 Å². The first kappa shape index (κ1) is 52.2. The first-order valence-electron chi connectivity index (χ1n) is 28.1. The Hall–Kier alpha value is -9.52. The second-order valence-corrected chi connectivity index (χ2v) is 21.5. The third-order valence-electron chi connectivity index (χ3n) is 17.3. The average Bonchev–Trinajstić information content (AvgIpc) is 3.60. The maximum atomic E-state index is 2.45. The molecule has 0 unspecified atom stereocenters. The fourth-order valence-electron chi connectivity index (χ4n) is 13.1. The number of benzene rings is 12. The molecule has 0 aliphatic rings. The average molecular weight is 1050 g/mol. The van der Waals surface area contributed by atoms with Crippen LogP contribution in [0.25, 0.3) is 0 Å². The Labute approximate surface area is 479 Å². The normalized spacial score (nSPS) is 12.2. The Bertz CT molecular complexity index is 3330. The van der Waals surface area contributed by atoms with E-state index < -0.39 is 5.41 Å². The summed E-state index contributed by atoms with van der Waals surface area (Å²) in [4.78, 5) is 0. The lowest BCUT2D eigenvalue weighted by molar-refractivity contribution is 0.564. The molecule has 0 aliphatic heterocycles. The Morgan fingerprint density at radius 1 is 0.160 bits per heavy atom. The summed E-state index contributed by atoms with van der Waals surface area (Å²) in [5.41, 5.74) is 17.0. The van der Waals surface area contributed by atoms with E-state index in [-0.39, 0.29) is 0 Å². The fraction of sp³-hybridized carbons (Fsp3) is 0.0649. The van der Waals surface area contributed by atoms with Crippen molar-refractivity contribution in [2.24, 2.45) is 0 Å². The van der Waals surface area contributed by atoms with Crippen LogP contribution in [0.15, 0.2) is 340 Å². The predicted molar refractivity (Wildman–Crippen MR) is 344 cm³/mol. The van der Waals surface area contributed by atoms with Crippen LogP contribution in [-0.2, 0) is 5.41 Å². The van der Waals surface area contributed by atoms with Gasteiger partial charge in [0.25, 0.3) is 0 Å². The van der Waals surface area contributed by atoms with E-state index in [0.29, 0.717) is 17.9 Å². The largest absolute Gasteiger partial charge is 0.229 e. The summed E-state index contributed by atoms with van der Waals surface area (Å²) in [6.07, 6.45) is 0. The Balaban J connectivity index is 1.37. The topological polar surface area (TPSA) is 0 Å². The maximum Gasteiger partial charge on any atom is 0.147 e. The van der Waals surface area contributed by atoms with Gasteiger partial charge in [0.1, 0.15) is 68.2 Å². The first-order chi connectivity index (χ1) is 39.8. The standard InChI is InChI=1S/C77H68N4/c1-78(61-37-13-5-14-38-61,62-39-15-6-16-40-62)73-57-33-29-53-69(73)77(70-54-30-34-58-74(70)79(2,63-41-17-7-18-42-63)64-43-19-8-20-44-64,71-55-31-35-59-75(71)80(3,65-45-21-9-22-46-65)66-47-23-10-24-48-66)72-56-32-36-60-76(72)81(4,67-49-25-11-26-50-67)68-51-27-12-28-52-68/h5-60H,1-4H3/q+4. The molecule has 4 heteroatoms. The van der Waals surface area contributed by atoms with Crippen molar-refractivity contribution in [1.29, 1.82) is 0 Å². The molecule has 0 atom stereocenters. The Kier molecular flexibility index (Phi) is 14.1. The molecule has 0 saturated carbocycles. The highest BCUT2D eigenvalue weighted by molar-refractivity contribution is 5.88. The van der Waals surface area contributed by atoms with Gasteiger partial charge in [-0.05, 0) is 97.1 Å². The van der Waals surface area contributed by atoms with Crippen molar-refractivity contribution in [3.05, 3.63) is 362 Å². The van der Waals surface area contributed by atoms with Crippen LogP contribution < -0.4 is 17.9 Å². The minimum absolute atomic E-state index is 0.364. The SMILES string of the molecule is C[N+](c1ccccc1)(c1ccccc1)c1ccccc1C(c1ccccc1[N+](C)(c1ccccc1)c1ccccc1)(c1ccccc1[N+](C)(c1ccccc1)c1ccccc1)c1ccccc1[N+](C)(c1ccccc1)c1ccccc1. The molecule has 0 aromatic heterocycles. The van der Waals surface area contributed by atoms with Crippen LogP contribution in [0.3, 0.4) is 0 Å². The quantitative estimate of drug-likeness (QED) is 0.0668. The molecular weight excluding hydrogens is 981 g/mol. The Morgan fingerprint density at radius 3 is 0.432 bits per heavy atom. The van der Waals surface area contributed by atoms with Crippen molar-refractivity contribution in [2.75, 3.05) is 28.2 Å². The number of para-hydroxylation sites is 12. The highest BCUT2D eigenvalue weighted by atomic mass is 15.4. The van der Waals surface area contributed by atoms with Crippen LogP contribution in [0.1, 0.15) is 22.3 Å². The Morgan fingerprint density at radius 2 is 0.284 bits per heavy atom. The zero-order valence-corrected chi connectivity index (χ0v) is 46.6. The maximum absolute atomic E-state index is 2.45. The number of hydrogen-bond acceptors (Lipinski definition) is 0. The molecule has 4 nitrogen and oxygen atoms in total. The molecule has 12 aromatic carbocycles. The number of rotatable bonds is 16. The van der Waals surface area contributed by atoms with Crippen LogP contribution in [0.4, 0.5) is 68.2 Å². The zero-order chi connectivity index (χ0) is 55.3. The molecule has 0 aliphatic carbocycles. The van der Waals surface area contributed by atoms with E-state index in [1.54, 1.807) is 0 Å². The summed E-state index contributed by atoms with van der Waals surface area (Å²) >= 11 is 0. The van der Waals surface area contributed by atoms with Gasteiger partial charge in [0.2, 0.25) is 0 Å². The van der Waals surface area contributed by atoms with Gasteiger partial charge in [0.05, 0.1) is 33.6 Å². The summed E-state index contributed by atoms with van der Waals surface area (Å²) in [5.74, 6) is 0. The third-order valence-corrected chi connectivity index (χ3v) is 17.3. The van der Waals surface area contributed by atoms with Gasteiger partial charge >= 0.3 is 0 Å². The van der Waals surface area contributed by atoms with Crippen LogP contribution in [-0.4, -0.2) is 28.2 Å². The smallest absolute Gasteiger partial charge is 0.147 e. The lowest BCUT2D eigenvalue weighted by Gasteiger charge is -2.47. The van der Waals surface area contributed by atoms with Crippen molar-refractivity contribution in [1.82, 2.24) is 17.9 Å². The van der Waals surface area contributed by atoms with Crippen molar-refractivity contribution in [3.63, 3.8) is 0 Å². The minimum Gasteiger partial charge on any atom is -0.229 e. The van der Waals surface area contributed by atoms with Gasteiger partial charge < -0.3 is 0 Å². The highest BCUT2D eigenvalue weighted by Crippen LogP contribution is 2.63. The van der Waals surface area contributed by atoms with E-state index in [4.69, 9.17) is 0 Å². The van der Waals surface area contributed by atoms with Gasteiger partial charge in [-0.25, -0.2) is 17.9 Å². The number of hydrogen-bond donors (Lipinski definition) is 0. The van der Waals surface area contributed by atoms with Crippen molar-refractivity contribution < 1.29 is 0 Å². The van der Waals surface area contributed by atoms with Gasteiger partial charge in [-0.15, -0.1) is 0 Å². The number of quaternary nitrogens is 4. The third kappa shape index (κ3) is 8.74. The first-order valence-corrected chi connectivity index (χ1v) is 28.1. The van der Waals surface area contributed by atoms with Gasteiger partial charge in [0.15, 0.2) is 0 Å². The summed E-state index contributed by atoms with van der Waals surface area (Å²) < 4.78 is 1.45. The van der Waals surface area contributed by atoms with Crippen LogP contribution in [0.2, 0.25) is 0 Å². The van der Waals surface area contributed by atoms with Crippen LogP contribution in [0, 0.1) is 0 Å². The molecular formula is C77H68N4+4. The monoisotopic (exact) mass is 1050 g/mol. The zero-order valence-electron chi connectivity index (χ0n) is 46.6. The number of nitrogens with zero attached hydrogens (tertiary/aromatic N) is 4. The molecule has 12 aromatic rings. The molecule has 0 amide bonds. The lowest BCUT2D eigenvalue weighted by atomic mass is 9.62. The van der Waals surface area contributed by atoms with Gasteiger partial charge in [-0.1, -0.05) is 218 Å². The van der Waals surface area contributed by atoms with Crippen molar-refractivity contribution >= 4 is 68.2 Å². The lowest BCUT2D eigenvalue weighted by Crippen LogP contribution is -2.45. The molecule has 0 saturated heterocycles. The molecule has 0 radical (unpaired) electrons. The van der Waals surface area contributed by atoms with E-state index in [2.05, 4.69) is 368 Å². The van der Waals surface area contributed by atoms with Gasteiger partial charge in [-0.3, -0.25) is 0 Å². The minimum atomic E-state index is -1.17. The molecule has 12 rings (SSSR count). The molecule has 0 spiro atoms. The molecule has 0 fully saturated rings. The van der Waals surface area contributed by atoms with Gasteiger partial charge in [0, 0.05) is 46.5 Å². The van der Waals surface area contributed by atoms with Crippen LogP contribution >= 0.6 is 0 Å². The molecule has 0 heterocycles. The predicted octanol–water partition coefficient (Wildman–Crippen LogP) is 20.5. The van der Waals surface area contributed by atoms with E-state index in [9.17, 15) is 0 Å². The summed E-state index contributed by atoms with van der Waals surface area (Å²) in [7, 11) is 9.53. The van der Waals surface area contributed by atoms with Gasteiger partial charge in [-0.2, -0.15) is 0 Å². The van der Waals surface area contributed by atoms with E-state index in [0.717, 1.165) is 90.5 Å². The van der Waals surface area contributed by atoms with Crippen molar-refractivity contribution in [2.45, 2.75) is 5.41 Å². The molecule has 0 bridgehead atoms. The second-order valence-electron chi connectivity index (χ2n) is 21.5. The molecule has 392 valence electrons. The van der Waals surface area contributed by atoms with E-state index in [1.165, 1.54) is 0 Å². The van der Waals surface area contributed by atoms with E-state index >= 15 is 0 Å². The summed E-state index contributed by atoms with van der Waals surface area (Å²) in [5, 5.41) is 0. The van der Waals surface area contributed by atoms with Crippen LogP contribution in [0.5, 0.6) is 0 Å².